The van der Waals surface area contributed by atoms with Crippen molar-refractivity contribution in [2.24, 2.45) is 0 Å². The van der Waals surface area contributed by atoms with Gasteiger partial charge in [0.1, 0.15) is 5.75 Å². The highest BCUT2D eigenvalue weighted by atomic mass is 16.3. The molecule has 0 heterocycles. The molecule has 0 aromatic heterocycles. The molecule has 6 nitrogen and oxygen atoms in total. The normalized spacial score (nSPS) is 25.0. The first-order valence-electron chi connectivity index (χ1n) is 8.30. The molecule has 2 atom stereocenters. The maximum absolute atomic E-state index is 12.6. The summed E-state index contributed by atoms with van der Waals surface area (Å²) < 4.78 is 0. The number of carbonyl (C=O) groups excluding carboxylic acids is 2. The number of nitrogens with zero attached hydrogens (tertiary/aromatic N) is 2. The number of aliphatic hydroxyl groups is 1. The molecular formula is C20H22N2O4. The van der Waals surface area contributed by atoms with Gasteiger partial charge >= 0.3 is 0 Å². The number of rotatable bonds is 3. The maximum Gasteiger partial charge on any atom is 0.188 e. The van der Waals surface area contributed by atoms with Crippen LogP contribution in [-0.4, -0.2) is 61.0 Å². The number of aliphatic hydroxyl groups excluding tert-OH is 1. The van der Waals surface area contributed by atoms with Gasteiger partial charge in [0.2, 0.25) is 0 Å². The lowest BCUT2D eigenvalue weighted by Crippen LogP contribution is -2.44. The summed E-state index contributed by atoms with van der Waals surface area (Å²) in [6, 6.07) is 4.97. The van der Waals surface area contributed by atoms with E-state index in [9.17, 15) is 19.8 Å². The highest BCUT2D eigenvalue weighted by Crippen LogP contribution is 2.44. The molecule has 0 radical (unpaired) electrons. The summed E-state index contributed by atoms with van der Waals surface area (Å²) in [6.45, 7) is 0. The Bertz CT molecular complexity index is 878. The fraction of sp³-hybridized carbons (Fsp3) is 0.300. The Kier molecular flexibility index (Phi) is 4.46. The lowest BCUT2D eigenvalue weighted by atomic mass is 9.68. The van der Waals surface area contributed by atoms with Gasteiger partial charge in [-0.05, 0) is 18.2 Å². The minimum absolute atomic E-state index is 0.0436. The largest absolute Gasteiger partial charge is 0.508 e. The van der Waals surface area contributed by atoms with Crippen LogP contribution in [0.3, 0.4) is 0 Å². The molecule has 3 rings (SSSR count). The van der Waals surface area contributed by atoms with Gasteiger partial charge in [0, 0.05) is 68.4 Å². The molecule has 1 fully saturated rings. The monoisotopic (exact) mass is 354 g/mol. The first-order chi connectivity index (χ1) is 12.2. The van der Waals surface area contributed by atoms with Gasteiger partial charge in [-0.2, -0.15) is 0 Å². The second kappa shape index (κ2) is 6.46. The van der Waals surface area contributed by atoms with Gasteiger partial charge in [0.05, 0.1) is 12.0 Å². The van der Waals surface area contributed by atoms with Crippen LogP contribution in [-0.2, 0) is 9.59 Å². The third-order valence-electron chi connectivity index (χ3n) is 4.80. The van der Waals surface area contributed by atoms with Crippen LogP contribution in [0.25, 0.3) is 0 Å². The van der Waals surface area contributed by atoms with E-state index >= 15 is 0 Å². The fourth-order valence-corrected chi connectivity index (χ4v) is 3.22. The number of aromatic hydroxyl groups is 1. The zero-order valence-electron chi connectivity index (χ0n) is 15.2. The smallest absolute Gasteiger partial charge is 0.188 e. The molecule has 0 aliphatic heterocycles. The quantitative estimate of drug-likeness (QED) is 0.798. The predicted octanol–water partition coefficient (Wildman–Crippen LogP) is 1.37. The van der Waals surface area contributed by atoms with Crippen LogP contribution < -0.4 is 4.90 Å². The average molecular weight is 354 g/mol. The van der Waals surface area contributed by atoms with Crippen LogP contribution in [0, 0.1) is 0 Å². The van der Waals surface area contributed by atoms with Crippen LogP contribution in [0.2, 0.25) is 0 Å². The second-order valence-electron chi connectivity index (χ2n) is 6.91. The van der Waals surface area contributed by atoms with Crippen LogP contribution in [0.4, 0.5) is 5.69 Å². The van der Waals surface area contributed by atoms with Crippen molar-refractivity contribution >= 4 is 17.3 Å². The van der Waals surface area contributed by atoms with Gasteiger partial charge in [-0.3, -0.25) is 9.59 Å². The molecule has 26 heavy (non-hydrogen) atoms. The molecule has 1 aromatic carbocycles. The number of hydrogen-bond acceptors (Lipinski definition) is 6. The summed E-state index contributed by atoms with van der Waals surface area (Å²) in [4.78, 5) is 28.6. The van der Waals surface area contributed by atoms with E-state index in [4.69, 9.17) is 0 Å². The Morgan fingerprint density at radius 1 is 1.00 bits per heavy atom. The number of ketones is 2. The Hall–Kier alpha value is -2.86. The second-order valence-corrected chi connectivity index (χ2v) is 6.91. The SMILES string of the molecule is CN(C)C1=CC(=O)C(=C2C(=O)C(c3ccc(N(C)C)cc3O)C2O)C=C1. The molecule has 6 heteroatoms. The summed E-state index contributed by atoms with van der Waals surface area (Å²) in [5, 5.41) is 20.8. The zero-order valence-corrected chi connectivity index (χ0v) is 15.2. The van der Waals surface area contributed by atoms with Crippen molar-refractivity contribution in [1.29, 1.82) is 0 Å². The van der Waals surface area contributed by atoms with E-state index < -0.39 is 12.0 Å². The van der Waals surface area contributed by atoms with Crippen LogP contribution in [0.5, 0.6) is 5.75 Å². The number of hydrogen-bond donors (Lipinski definition) is 2. The fourth-order valence-electron chi connectivity index (χ4n) is 3.22. The molecule has 0 amide bonds. The molecule has 2 aliphatic rings. The van der Waals surface area contributed by atoms with E-state index in [-0.39, 0.29) is 28.5 Å². The van der Waals surface area contributed by atoms with Crippen LogP contribution in [0.15, 0.2) is 53.3 Å². The highest BCUT2D eigenvalue weighted by Gasteiger charge is 2.48. The number of phenols is 1. The summed E-state index contributed by atoms with van der Waals surface area (Å²) in [7, 11) is 7.33. The van der Waals surface area contributed by atoms with Gasteiger partial charge in [-0.15, -0.1) is 0 Å². The van der Waals surface area contributed by atoms with Crippen molar-refractivity contribution in [3.8, 4) is 5.75 Å². The molecule has 136 valence electrons. The molecular weight excluding hydrogens is 332 g/mol. The van der Waals surface area contributed by atoms with Crippen molar-refractivity contribution in [1.82, 2.24) is 4.90 Å². The van der Waals surface area contributed by atoms with E-state index in [2.05, 4.69) is 0 Å². The van der Waals surface area contributed by atoms with Gasteiger partial charge in [0.15, 0.2) is 11.6 Å². The Morgan fingerprint density at radius 3 is 2.19 bits per heavy atom. The molecule has 2 unspecified atom stereocenters. The molecule has 0 bridgehead atoms. The highest BCUT2D eigenvalue weighted by molar-refractivity contribution is 6.19. The summed E-state index contributed by atoms with van der Waals surface area (Å²) in [5.74, 6) is -1.53. The van der Waals surface area contributed by atoms with Gasteiger partial charge in [0.25, 0.3) is 0 Å². The van der Waals surface area contributed by atoms with E-state index in [0.717, 1.165) is 11.4 Å². The van der Waals surface area contributed by atoms with E-state index in [1.54, 1.807) is 35.3 Å². The number of anilines is 1. The third-order valence-corrected chi connectivity index (χ3v) is 4.80. The van der Waals surface area contributed by atoms with Crippen molar-refractivity contribution in [2.45, 2.75) is 12.0 Å². The number of carbonyl (C=O) groups is 2. The predicted molar refractivity (Wildman–Crippen MR) is 99.1 cm³/mol. The van der Waals surface area contributed by atoms with Crippen molar-refractivity contribution in [2.75, 3.05) is 33.1 Å². The number of benzene rings is 1. The van der Waals surface area contributed by atoms with Crippen LogP contribution >= 0.6 is 0 Å². The minimum Gasteiger partial charge on any atom is -0.508 e. The minimum atomic E-state index is -1.11. The topological polar surface area (TPSA) is 81.1 Å². The number of Topliss-reactive ketones (excluding diaryl/α,β-unsaturated/α-hetero) is 1. The van der Waals surface area contributed by atoms with Gasteiger partial charge < -0.3 is 20.0 Å². The molecule has 2 N–H and O–H groups in total. The van der Waals surface area contributed by atoms with Crippen molar-refractivity contribution in [3.63, 3.8) is 0 Å². The van der Waals surface area contributed by atoms with Crippen molar-refractivity contribution < 1.29 is 19.8 Å². The summed E-state index contributed by atoms with van der Waals surface area (Å²) >= 11 is 0. The lowest BCUT2D eigenvalue weighted by Gasteiger charge is -2.36. The molecule has 1 saturated carbocycles. The number of likely N-dealkylation sites (N-methyl/N-ethyl adjacent to an activating group) is 1. The lowest BCUT2D eigenvalue weighted by molar-refractivity contribution is -0.126. The number of allylic oxidation sites excluding steroid dienone is 4. The first kappa shape index (κ1) is 17.9. The Balaban J connectivity index is 1.91. The maximum atomic E-state index is 12.6. The standard InChI is InChI=1S/C20H22N2O4/c1-21(2)11-5-7-13(15(23)9-11)17-19(25)18(20(17)26)14-8-6-12(22(3)4)10-16(14)24/h5-10,17,19,23,25H,1-4H3. The average Bonchev–Trinajstić information content (AvgIpc) is 2.58. The van der Waals surface area contributed by atoms with Crippen LogP contribution in [0.1, 0.15) is 11.5 Å². The molecule has 0 saturated heterocycles. The molecule has 0 spiro atoms. The zero-order chi connectivity index (χ0) is 19.2. The summed E-state index contributed by atoms with van der Waals surface area (Å²) in [5.41, 5.74) is 2.22. The Morgan fingerprint density at radius 2 is 1.69 bits per heavy atom. The first-order valence-corrected chi connectivity index (χ1v) is 8.30. The summed E-state index contributed by atoms with van der Waals surface area (Å²) in [6.07, 6.45) is 3.63. The van der Waals surface area contributed by atoms with E-state index in [1.807, 2.05) is 33.1 Å². The van der Waals surface area contributed by atoms with Crippen molar-refractivity contribution in [3.05, 3.63) is 58.8 Å². The third kappa shape index (κ3) is 2.82. The van der Waals surface area contributed by atoms with Gasteiger partial charge in [-0.1, -0.05) is 6.07 Å². The van der Waals surface area contributed by atoms with E-state index in [1.165, 1.54) is 6.08 Å². The molecule has 1 aromatic rings. The van der Waals surface area contributed by atoms with E-state index in [0.29, 0.717) is 5.56 Å². The Labute approximate surface area is 152 Å². The number of phenolic OH excluding ortho intramolecular Hbond substituents is 1. The molecule has 2 aliphatic carbocycles. The van der Waals surface area contributed by atoms with Gasteiger partial charge in [-0.25, -0.2) is 0 Å².